The van der Waals surface area contributed by atoms with E-state index in [1.807, 2.05) is 12.5 Å². The molecule has 4 heteroatoms. The normalized spacial score (nSPS) is 12.3. The third-order valence-electron chi connectivity index (χ3n) is 3.53. The molecule has 0 spiro atoms. The molecule has 0 fully saturated rings. The molecule has 0 aliphatic carbocycles. The molecule has 0 radical (unpaired) electrons. The second-order valence-corrected chi connectivity index (χ2v) is 5.09. The fraction of sp³-hybridized carbons (Fsp3) is 0.471. The molecule has 1 unspecified atom stereocenters. The Hall–Kier alpha value is -1.81. The highest BCUT2D eigenvalue weighted by molar-refractivity contribution is 5.29. The summed E-state index contributed by atoms with van der Waals surface area (Å²) in [5.74, 6) is 0.940. The van der Waals surface area contributed by atoms with Gasteiger partial charge >= 0.3 is 0 Å². The minimum absolute atomic E-state index is 0.435. The SMILES string of the molecule is CCNC(CC)c1ccc(OCCCn2ccnc2)cc1. The van der Waals surface area contributed by atoms with Gasteiger partial charge in [0.05, 0.1) is 12.9 Å². The third-order valence-corrected chi connectivity index (χ3v) is 3.53. The Bertz CT molecular complexity index is 493. The fourth-order valence-electron chi connectivity index (χ4n) is 2.40. The van der Waals surface area contributed by atoms with Gasteiger partial charge in [-0.05, 0) is 37.1 Å². The van der Waals surface area contributed by atoms with Gasteiger partial charge in [0.2, 0.25) is 0 Å². The Labute approximate surface area is 127 Å². The molecule has 1 aromatic carbocycles. The van der Waals surface area contributed by atoms with Crippen LogP contribution in [0.1, 0.15) is 38.3 Å². The van der Waals surface area contributed by atoms with E-state index in [4.69, 9.17) is 4.74 Å². The summed E-state index contributed by atoms with van der Waals surface area (Å²) in [5.41, 5.74) is 1.32. The summed E-state index contributed by atoms with van der Waals surface area (Å²) in [6.45, 7) is 7.00. The van der Waals surface area contributed by atoms with Crippen LogP contribution in [-0.4, -0.2) is 22.7 Å². The van der Waals surface area contributed by atoms with Gasteiger partial charge in [-0.2, -0.15) is 0 Å². The maximum atomic E-state index is 5.78. The quantitative estimate of drug-likeness (QED) is 0.718. The smallest absolute Gasteiger partial charge is 0.119 e. The van der Waals surface area contributed by atoms with Crippen molar-refractivity contribution in [2.75, 3.05) is 13.2 Å². The molecule has 0 saturated heterocycles. The van der Waals surface area contributed by atoms with Gasteiger partial charge in [0, 0.05) is 25.0 Å². The van der Waals surface area contributed by atoms with Crippen LogP contribution < -0.4 is 10.1 Å². The first-order valence-corrected chi connectivity index (χ1v) is 7.75. The maximum Gasteiger partial charge on any atom is 0.119 e. The van der Waals surface area contributed by atoms with Gasteiger partial charge in [-0.1, -0.05) is 26.0 Å². The zero-order valence-corrected chi connectivity index (χ0v) is 13.0. The fourth-order valence-corrected chi connectivity index (χ4v) is 2.40. The average molecular weight is 287 g/mol. The van der Waals surface area contributed by atoms with E-state index in [1.165, 1.54) is 5.56 Å². The van der Waals surface area contributed by atoms with Gasteiger partial charge < -0.3 is 14.6 Å². The Kier molecular flexibility index (Phi) is 6.28. The number of nitrogens with zero attached hydrogens (tertiary/aromatic N) is 2. The van der Waals surface area contributed by atoms with Gasteiger partial charge in [0.1, 0.15) is 5.75 Å². The number of hydrogen-bond donors (Lipinski definition) is 1. The molecule has 0 saturated carbocycles. The van der Waals surface area contributed by atoms with E-state index in [9.17, 15) is 0 Å². The van der Waals surface area contributed by atoms with Crippen LogP contribution in [-0.2, 0) is 6.54 Å². The Morgan fingerprint density at radius 1 is 1.24 bits per heavy atom. The highest BCUT2D eigenvalue weighted by atomic mass is 16.5. The van der Waals surface area contributed by atoms with E-state index in [0.29, 0.717) is 6.04 Å². The van der Waals surface area contributed by atoms with Crippen molar-refractivity contribution in [3.63, 3.8) is 0 Å². The summed E-state index contributed by atoms with van der Waals surface area (Å²) in [7, 11) is 0. The molecule has 114 valence electrons. The van der Waals surface area contributed by atoms with Crippen LogP contribution in [0.15, 0.2) is 43.0 Å². The third kappa shape index (κ3) is 4.90. The number of benzene rings is 1. The van der Waals surface area contributed by atoms with E-state index < -0.39 is 0 Å². The predicted octanol–water partition coefficient (Wildman–Crippen LogP) is 3.41. The van der Waals surface area contributed by atoms with Crippen LogP contribution in [0.25, 0.3) is 0 Å². The van der Waals surface area contributed by atoms with E-state index in [1.54, 1.807) is 6.20 Å². The van der Waals surface area contributed by atoms with Gasteiger partial charge in [-0.15, -0.1) is 0 Å². The van der Waals surface area contributed by atoms with Gasteiger partial charge in [-0.3, -0.25) is 0 Å². The Morgan fingerprint density at radius 3 is 2.67 bits per heavy atom. The highest BCUT2D eigenvalue weighted by Crippen LogP contribution is 2.20. The second kappa shape index (κ2) is 8.47. The summed E-state index contributed by atoms with van der Waals surface area (Å²) in [6.07, 6.45) is 7.68. The van der Waals surface area contributed by atoms with Crippen molar-refractivity contribution < 1.29 is 4.74 Å². The van der Waals surface area contributed by atoms with E-state index in [0.717, 1.165) is 38.3 Å². The number of ether oxygens (including phenoxy) is 1. The first-order chi connectivity index (χ1) is 10.3. The molecule has 0 amide bonds. The lowest BCUT2D eigenvalue weighted by Crippen LogP contribution is -2.19. The second-order valence-electron chi connectivity index (χ2n) is 5.09. The zero-order chi connectivity index (χ0) is 14.9. The molecular formula is C17H25N3O. The molecule has 2 aromatic rings. The van der Waals surface area contributed by atoms with Crippen molar-refractivity contribution >= 4 is 0 Å². The molecular weight excluding hydrogens is 262 g/mol. The molecule has 0 bridgehead atoms. The van der Waals surface area contributed by atoms with Crippen molar-refractivity contribution in [2.45, 2.75) is 39.3 Å². The summed E-state index contributed by atoms with van der Waals surface area (Å²) < 4.78 is 7.84. The van der Waals surface area contributed by atoms with Crippen LogP contribution in [0.4, 0.5) is 0 Å². The maximum absolute atomic E-state index is 5.78. The van der Waals surface area contributed by atoms with E-state index >= 15 is 0 Å². The first-order valence-electron chi connectivity index (χ1n) is 7.75. The van der Waals surface area contributed by atoms with Crippen molar-refractivity contribution in [3.05, 3.63) is 48.5 Å². The molecule has 1 atom stereocenters. The van der Waals surface area contributed by atoms with Gasteiger partial charge in [0.15, 0.2) is 0 Å². The van der Waals surface area contributed by atoms with Crippen molar-refractivity contribution in [1.82, 2.24) is 14.9 Å². The zero-order valence-electron chi connectivity index (χ0n) is 13.0. The lowest BCUT2D eigenvalue weighted by atomic mass is 10.0. The number of rotatable bonds is 9. The Morgan fingerprint density at radius 2 is 2.05 bits per heavy atom. The summed E-state index contributed by atoms with van der Waals surface area (Å²) in [4.78, 5) is 4.02. The molecule has 0 aliphatic rings. The molecule has 1 N–H and O–H groups in total. The molecule has 0 aliphatic heterocycles. The van der Waals surface area contributed by atoms with Crippen molar-refractivity contribution in [2.24, 2.45) is 0 Å². The predicted molar refractivity (Wildman–Crippen MR) is 85.5 cm³/mol. The van der Waals surface area contributed by atoms with Crippen LogP contribution in [0, 0.1) is 0 Å². The molecule has 1 aromatic heterocycles. The lowest BCUT2D eigenvalue weighted by molar-refractivity contribution is 0.301. The molecule has 4 nitrogen and oxygen atoms in total. The molecule has 21 heavy (non-hydrogen) atoms. The monoisotopic (exact) mass is 287 g/mol. The number of imidazole rings is 1. The Balaban J connectivity index is 1.76. The number of aromatic nitrogens is 2. The number of hydrogen-bond acceptors (Lipinski definition) is 3. The molecule has 2 rings (SSSR count). The molecule has 1 heterocycles. The van der Waals surface area contributed by atoms with Crippen LogP contribution in [0.2, 0.25) is 0 Å². The lowest BCUT2D eigenvalue weighted by Gasteiger charge is -2.16. The summed E-state index contributed by atoms with van der Waals surface area (Å²) in [5, 5.41) is 3.49. The number of aryl methyl sites for hydroxylation is 1. The van der Waals surface area contributed by atoms with Crippen LogP contribution in [0.5, 0.6) is 5.75 Å². The van der Waals surface area contributed by atoms with Crippen LogP contribution >= 0.6 is 0 Å². The standard InChI is InChI=1S/C17H25N3O/c1-3-17(19-4-2)15-6-8-16(9-7-15)21-13-5-11-20-12-10-18-14-20/h6-10,12,14,17,19H,3-5,11,13H2,1-2H3. The highest BCUT2D eigenvalue weighted by Gasteiger charge is 2.07. The minimum Gasteiger partial charge on any atom is -0.494 e. The van der Waals surface area contributed by atoms with Gasteiger partial charge in [0.25, 0.3) is 0 Å². The van der Waals surface area contributed by atoms with Crippen LogP contribution in [0.3, 0.4) is 0 Å². The topological polar surface area (TPSA) is 39.1 Å². The number of nitrogens with one attached hydrogen (secondary N) is 1. The minimum atomic E-state index is 0.435. The summed E-state index contributed by atoms with van der Waals surface area (Å²) >= 11 is 0. The van der Waals surface area contributed by atoms with E-state index in [2.05, 4.69) is 53.0 Å². The average Bonchev–Trinajstić information content (AvgIpc) is 3.03. The van der Waals surface area contributed by atoms with E-state index in [-0.39, 0.29) is 0 Å². The largest absolute Gasteiger partial charge is 0.494 e. The summed E-state index contributed by atoms with van der Waals surface area (Å²) in [6, 6.07) is 8.87. The first kappa shape index (κ1) is 15.6. The van der Waals surface area contributed by atoms with Gasteiger partial charge in [-0.25, -0.2) is 4.98 Å². The van der Waals surface area contributed by atoms with Crippen molar-refractivity contribution in [1.29, 1.82) is 0 Å². The van der Waals surface area contributed by atoms with Crippen molar-refractivity contribution in [3.8, 4) is 5.75 Å².